The van der Waals surface area contributed by atoms with E-state index in [1.54, 1.807) is 18.2 Å². The van der Waals surface area contributed by atoms with E-state index in [0.717, 1.165) is 5.56 Å². The molecule has 0 saturated carbocycles. The fourth-order valence-electron chi connectivity index (χ4n) is 2.82. The SMILES string of the molecule is COC(=O)C(O)C(OC)(c1ccccc1)c1ccccc1CN. The van der Waals surface area contributed by atoms with Crippen LogP contribution in [0.25, 0.3) is 0 Å². The van der Waals surface area contributed by atoms with Crippen molar-refractivity contribution in [3.8, 4) is 0 Å². The number of benzene rings is 2. The van der Waals surface area contributed by atoms with Gasteiger partial charge in [0.05, 0.1) is 7.11 Å². The minimum absolute atomic E-state index is 0.252. The van der Waals surface area contributed by atoms with E-state index in [-0.39, 0.29) is 6.54 Å². The van der Waals surface area contributed by atoms with E-state index in [4.69, 9.17) is 15.2 Å². The number of rotatable bonds is 6. The third kappa shape index (κ3) is 2.99. The average Bonchev–Trinajstić information content (AvgIpc) is 2.63. The molecule has 0 heterocycles. The second-order valence-corrected chi connectivity index (χ2v) is 5.09. The van der Waals surface area contributed by atoms with Gasteiger partial charge in [-0.05, 0) is 16.7 Å². The Balaban J connectivity index is 2.75. The number of esters is 1. The zero-order chi connectivity index (χ0) is 16.9. The molecule has 2 rings (SSSR count). The lowest BCUT2D eigenvalue weighted by Crippen LogP contribution is -2.48. The summed E-state index contributed by atoms with van der Waals surface area (Å²) in [6, 6.07) is 16.4. The van der Waals surface area contributed by atoms with Crippen LogP contribution in [0.5, 0.6) is 0 Å². The van der Waals surface area contributed by atoms with Gasteiger partial charge in [-0.15, -0.1) is 0 Å². The van der Waals surface area contributed by atoms with Gasteiger partial charge >= 0.3 is 5.97 Å². The van der Waals surface area contributed by atoms with Gasteiger partial charge in [-0.2, -0.15) is 0 Å². The molecule has 0 amide bonds. The molecule has 5 heteroatoms. The highest BCUT2D eigenvalue weighted by atomic mass is 16.6. The lowest BCUT2D eigenvalue weighted by molar-refractivity contribution is -0.167. The summed E-state index contributed by atoms with van der Waals surface area (Å²) < 4.78 is 10.5. The molecule has 2 unspecified atom stereocenters. The van der Waals surface area contributed by atoms with Gasteiger partial charge in [0, 0.05) is 13.7 Å². The predicted molar refractivity (Wildman–Crippen MR) is 86.6 cm³/mol. The van der Waals surface area contributed by atoms with Gasteiger partial charge < -0.3 is 20.3 Å². The van der Waals surface area contributed by atoms with Gasteiger partial charge in [-0.1, -0.05) is 54.6 Å². The number of methoxy groups -OCH3 is 2. The van der Waals surface area contributed by atoms with Gasteiger partial charge in [0.25, 0.3) is 0 Å². The maximum Gasteiger partial charge on any atom is 0.338 e. The van der Waals surface area contributed by atoms with Crippen molar-refractivity contribution >= 4 is 5.97 Å². The summed E-state index contributed by atoms with van der Waals surface area (Å²) >= 11 is 0. The summed E-state index contributed by atoms with van der Waals surface area (Å²) in [6.07, 6.45) is -1.53. The number of nitrogens with two attached hydrogens (primary N) is 1. The fourth-order valence-corrected chi connectivity index (χ4v) is 2.82. The quantitative estimate of drug-likeness (QED) is 0.791. The molecule has 3 N–H and O–H groups in total. The van der Waals surface area contributed by atoms with Crippen LogP contribution in [0.1, 0.15) is 16.7 Å². The van der Waals surface area contributed by atoms with Crippen molar-refractivity contribution in [1.29, 1.82) is 0 Å². The number of aliphatic hydroxyl groups excluding tert-OH is 1. The normalized spacial score (nSPS) is 14.8. The van der Waals surface area contributed by atoms with Crippen molar-refractivity contribution in [2.24, 2.45) is 5.73 Å². The van der Waals surface area contributed by atoms with Gasteiger partial charge in [-0.3, -0.25) is 0 Å². The molecule has 23 heavy (non-hydrogen) atoms. The lowest BCUT2D eigenvalue weighted by atomic mass is 9.79. The van der Waals surface area contributed by atoms with Gasteiger partial charge in [-0.25, -0.2) is 4.79 Å². The molecule has 122 valence electrons. The Kier molecular flexibility index (Phi) is 5.50. The number of carbonyl (C=O) groups is 1. The van der Waals surface area contributed by atoms with Gasteiger partial charge in [0.2, 0.25) is 0 Å². The third-order valence-corrected chi connectivity index (χ3v) is 3.97. The Morgan fingerprint density at radius 1 is 1.13 bits per heavy atom. The number of ether oxygens (including phenoxy) is 2. The topological polar surface area (TPSA) is 81.8 Å². The number of carbonyl (C=O) groups excluding carboxylic acids is 1. The van der Waals surface area contributed by atoms with Crippen LogP contribution in [0.3, 0.4) is 0 Å². The zero-order valence-electron chi connectivity index (χ0n) is 13.2. The second kappa shape index (κ2) is 7.37. The molecule has 0 saturated heterocycles. The average molecular weight is 315 g/mol. The second-order valence-electron chi connectivity index (χ2n) is 5.09. The summed E-state index contributed by atoms with van der Waals surface area (Å²) in [7, 11) is 2.68. The van der Waals surface area contributed by atoms with Crippen molar-refractivity contribution < 1.29 is 19.4 Å². The van der Waals surface area contributed by atoms with Crippen molar-refractivity contribution in [1.82, 2.24) is 0 Å². The monoisotopic (exact) mass is 315 g/mol. The summed E-state index contributed by atoms with van der Waals surface area (Å²) in [5.41, 5.74) is 6.49. The minimum atomic E-state index is -1.53. The van der Waals surface area contributed by atoms with Crippen LogP contribution in [0.15, 0.2) is 54.6 Å². The Bertz CT molecular complexity index is 659. The summed E-state index contributed by atoms with van der Waals surface area (Å²) in [4.78, 5) is 12.1. The minimum Gasteiger partial charge on any atom is -0.467 e. The molecule has 0 bridgehead atoms. The van der Waals surface area contributed by atoms with E-state index in [1.807, 2.05) is 36.4 Å². The fraction of sp³-hybridized carbons (Fsp3) is 0.278. The first-order valence-corrected chi connectivity index (χ1v) is 7.26. The highest BCUT2D eigenvalue weighted by Crippen LogP contribution is 2.38. The van der Waals surface area contributed by atoms with E-state index < -0.39 is 17.7 Å². The van der Waals surface area contributed by atoms with Crippen molar-refractivity contribution in [3.63, 3.8) is 0 Å². The molecule has 0 aliphatic rings. The van der Waals surface area contributed by atoms with E-state index in [1.165, 1.54) is 14.2 Å². The van der Waals surface area contributed by atoms with Crippen LogP contribution in [0.2, 0.25) is 0 Å². The first kappa shape index (κ1) is 17.1. The Morgan fingerprint density at radius 2 is 1.74 bits per heavy atom. The van der Waals surface area contributed by atoms with Gasteiger partial charge in [0.15, 0.2) is 11.7 Å². The van der Waals surface area contributed by atoms with Crippen LogP contribution in [-0.2, 0) is 26.4 Å². The standard InChI is InChI=1S/C18H21NO4/c1-22-17(21)16(20)18(23-2,14-9-4-3-5-10-14)15-11-7-6-8-13(15)12-19/h3-11,16,20H,12,19H2,1-2H3. The Labute approximate surface area is 135 Å². The molecular formula is C18H21NO4. The maximum atomic E-state index is 12.1. The molecule has 5 nitrogen and oxygen atoms in total. The van der Waals surface area contributed by atoms with Crippen LogP contribution in [-0.4, -0.2) is 31.4 Å². The smallest absolute Gasteiger partial charge is 0.338 e. The molecule has 2 aromatic rings. The number of hydrogen-bond acceptors (Lipinski definition) is 5. The van der Waals surface area contributed by atoms with Crippen LogP contribution in [0, 0.1) is 0 Å². The van der Waals surface area contributed by atoms with Crippen LogP contribution < -0.4 is 5.73 Å². The van der Waals surface area contributed by atoms with Crippen molar-refractivity contribution in [2.45, 2.75) is 18.2 Å². The van der Waals surface area contributed by atoms with E-state index >= 15 is 0 Å². The third-order valence-electron chi connectivity index (χ3n) is 3.97. The molecule has 0 spiro atoms. The van der Waals surface area contributed by atoms with Gasteiger partial charge in [0.1, 0.15) is 0 Å². The van der Waals surface area contributed by atoms with E-state index in [0.29, 0.717) is 11.1 Å². The Morgan fingerprint density at radius 3 is 2.30 bits per heavy atom. The molecule has 2 atom stereocenters. The lowest BCUT2D eigenvalue weighted by Gasteiger charge is -2.37. The molecular weight excluding hydrogens is 294 g/mol. The number of aliphatic hydroxyl groups is 1. The summed E-state index contributed by atoms with van der Waals surface area (Å²) in [6.45, 7) is 0.252. The highest BCUT2D eigenvalue weighted by molar-refractivity contribution is 5.77. The predicted octanol–water partition coefficient (Wildman–Crippen LogP) is 1.57. The molecule has 0 aromatic heterocycles. The molecule has 0 aliphatic carbocycles. The Hall–Kier alpha value is -2.21. The zero-order valence-corrected chi connectivity index (χ0v) is 13.2. The number of hydrogen-bond donors (Lipinski definition) is 2. The molecule has 2 aromatic carbocycles. The molecule has 0 fully saturated rings. The van der Waals surface area contributed by atoms with Crippen LogP contribution >= 0.6 is 0 Å². The largest absolute Gasteiger partial charge is 0.467 e. The molecule has 0 radical (unpaired) electrons. The summed E-state index contributed by atoms with van der Waals surface area (Å²) in [5, 5.41) is 10.7. The first-order chi connectivity index (χ1) is 11.1. The first-order valence-electron chi connectivity index (χ1n) is 7.26. The van der Waals surface area contributed by atoms with Crippen molar-refractivity contribution in [3.05, 3.63) is 71.3 Å². The molecule has 0 aliphatic heterocycles. The maximum absolute atomic E-state index is 12.1. The van der Waals surface area contributed by atoms with Crippen LogP contribution in [0.4, 0.5) is 0 Å². The van der Waals surface area contributed by atoms with E-state index in [2.05, 4.69) is 0 Å². The highest BCUT2D eigenvalue weighted by Gasteiger charge is 2.47. The van der Waals surface area contributed by atoms with Crippen molar-refractivity contribution in [2.75, 3.05) is 14.2 Å². The summed E-state index contributed by atoms with van der Waals surface area (Å²) in [5.74, 6) is -0.775. The van der Waals surface area contributed by atoms with E-state index in [9.17, 15) is 9.90 Å².